The summed E-state index contributed by atoms with van der Waals surface area (Å²) in [4.78, 5) is 11.6. The first kappa shape index (κ1) is 13.0. The molecule has 92 valence electrons. The Morgan fingerprint density at radius 1 is 1.53 bits per heavy atom. The van der Waals surface area contributed by atoms with Crippen molar-refractivity contribution in [1.82, 2.24) is 5.32 Å². The van der Waals surface area contributed by atoms with Gasteiger partial charge in [-0.05, 0) is 30.7 Å². The third-order valence-corrected chi connectivity index (χ3v) is 2.10. The van der Waals surface area contributed by atoms with Gasteiger partial charge >= 0.3 is 0 Å². The number of nitrogens with zero attached hydrogens (tertiary/aromatic N) is 1. The fraction of sp³-hybridized carbons (Fsp3) is 0.273. The molecule has 0 atom stereocenters. The van der Waals surface area contributed by atoms with Gasteiger partial charge in [-0.3, -0.25) is 4.79 Å². The van der Waals surface area contributed by atoms with E-state index in [9.17, 15) is 9.18 Å². The molecule has 0 radical (unpaired) electrons. The summed E-state index contributed by atoms with van der Waals surface area (Å²) in [6.45, 7) is 1.93. The molecular weight excluding hydrogens is 225 g/mol. The molecule has 0 saturated heterocycles. The van der Waals surface area contributed by atoms with Crippen LogP contribution in [-0.4, -0.2) is 23.5 Å². The van der Waals surface area contributed by atoms with Crippen molar-refractivity contribution in [3.05, 3.63) is 35.1 Å². The molecule has 1 aromatic rings. The number of amidine groups is 1. The number of nitrogens with two attached hydrogens (primary N) is 1. The molecule has 0 aliphatic carbocycles. The molecule has 0 aromatic heterocycles. The lowest BCUT2D eigenvalue weighted by atomic mass is 10.1. The maximum Gasteiger partial charge on any atom is 0.251 e. The van der Waals surface area contributed by atoms with Crippen molar-refractivity contribution in [2.24, 2.45) is 10.9 Å². The first-order chi connectivity index (χ1) is 8.02. The SMILES string of the molecule is Cc1cc(F)cc(C(=O)NCC/C(N)=N/O)c1. The number of nitrogens with one attached hydrogen (secondary N) is 1. The van der Waals surface area contributed by atoms with Gasteiger partial charge in [-0.2, -0.15) is 0 Å². The summed E-state index contributed by atoms with van der Waals surface area (Å²) in [7, 11) is 0. The minimum absolute atomic E-state index is 0.0284. The van der Waals surface area contributed by atoms with E-state index in [1.807, 2.05) is 0 Å². The smallest absolute Gasteiger partial charge is 0.251 e. The number of aryl methyl sites for hydroxylation is 1. The highest BCUT2D eigenvalue weighted by atomic mass is 19.1. The number of hydrogen-bond acceptors (Lipinski definition) is 3. The van der Waals surface area contributed by atoms with Gasteiger partial charge in [-0.25, -0.2) is 4.39 Å². The van der Waals surface area contributed by atoms with Crippen molar-refractivity contribution in [1.29, 1.82) is 0 Å². The number of benzene rings is 1. The highest BCUT2D eigenvalue weighted by Gasteiger charge is 2.07. The van der Waals surface area contributed by atoms with E-state index in [-0.39, 0.29) is 24.4 Å². The minimum atomic E-state index is -0.452. The van der Waals surface area contributed by atoms with Crippen LogP contribution in [0, 0.1) is 12.7 Å². The van der Waals surface area contributed by atoms with Gasteiger partial charge in [0, 0.05) is 18.5 Å². The number of halogens is 1. The molecule has 0 bridgehead atoms. The Kier molecular flexibility index (Phi) is 4.45. The summed E-state index contributed by atoms with van der Waals surface area (Å²) in [5.41, 5.74) is 6.16. The van der Waals surface area contributed by atoms with Crippen LogP contribution < -0.4 is 11.1 Å². The molecule has 0 spiro atoms. The second-order valence-electron chi connectivity index (χ2n) is 3.61. The van der Waals surface area contributed by atoms with Crippen LogP contribution in [-0.2, 0) is 0 Å². The van der Waals surface area contributed by atoms with Gasteiger partial charge in [-0.15, -0.1) is 0 Å². The highest BCUT2D eigenvalue weighted by molar-refractivity contribution is 5.94. The number of oxime groups is 1. The second-order valence-corrected chi connectivity index (χ2v) is 3.61. The Labute approximate surface area is 98.1 Å². The van der Waals surface area contributed by atoms with Gasteiger partial charge in [0.15, 0.2) is 0 Å². The van der Waals surface area contributed by atoms with E-state index in [4.69, 9.17) is 10.9 Å². The zero-order valence-corrected chi connectivity index (χ0v) is 9.40. The lowest BCUT2D eigenvalue weighted by molar-refractivity contribution is 0.0954. The molecule has 0 fully saturated rings. The second kappa shape index (κ2) is 5.83. The molecule has 1 amide bonds. The van der Waals surface area contributed by atoms with E-state index in [2.05, 4.69) is 10.5 Å². The van der Waals surface area contributed by atoms with Crippen LogP contribution in [0.25, 0.3) is 0 Å². The number of carbonyl (C=O) groups excluding carboxylic acids is 1. The summed E-state index contributed by atoms with van der Waals surface area (Å²) >= 11 is 0. The van der Waals surface area contributed by atoms with E-state index in [1.165, 1.54) is 6.07 Å². The van der Waals surface area contributed by atoms with Crippen molar-refractivity contribution in [3.63, 3.8) is 0 Å². The standard InChI is InChI=1S/C11H14FN3O2/c1-7-4-8(6-9(12)5-7)11(16)14-3-2-10(13)15-17/h4-6,17H,2-3H2,1H3,(H2,13,15)(H,14,16). The molecule has 6 heteroatoms. The topological polar surface area (TPSA) is 87.7 Å². The van der Waals surface area contributed by atoms with E-state index in [1.54, 1.807) is 13.0 Å². The quantitative estimate of drug-likeness (QED) is 0.317. The molecule has 0 unspecified atom stereocenters. The maximum atomic E-state index is 13.0. The number of hydrogen-bond donors (Lipinski definition) is 3. The molecule has 0 heterocycles. The minimum Gasteiger partial charge on any atom is -0.409 e. The molecule has 1 rings (SSSR count). The Balaban J connectivity index is 2.58. The lowest BCUT2D eigenvalue weighted by Crippen LogP contribution is -2.28. The molecule has 0 saturated carbocycles. The lowest BCUT2D eigenvalue weighted by Gasteiger charge is -2.05. The predicted octanol–water partition coefficient (Wildman–Crippen LogP) is 1.00. The van der Waals surface area contributed by atoms with Crippen molar-refractivity contribution in [3.8, 4) is 0 Å². The summed E-state index contributed by atoms with van der Waals surface area (Å²) in [6, 6.07) is 4.08. The van der Waals surface area contributed by atoms with Crippen LogP contribution in [0.4, 0.5) is 4.39 Å². The van der Waals surface area contributed by atoms with E-state index < -0.39 is 11.7 Å². The number of amides is 1. The maximum absolute atomic E-state index is 13.0. The monoisotopic (exact) mass is 239 g/mol. The Hall–Kier alpha value is -2.11. The summed E-state index contributed by atoms with van der Waals surface area (Å²) in [5, 5.41) is 13.6. The van der Waals surface area contributed by atoms with Gasteiger partial charge in [0.1, 0.15) is 11.7 Å². The molecular formula is C11H14FN3O2. The van der Waals surface area contributed by atoms with Crippen LogP contribution in [0.15, 0.2) is 23.4 Å². The van der Waals surface area contributed by atoms with Crippen LogP contribution in [0.3, 0.4) is 0 Å². The number of carbonyl (C=O) groups is 1. The van der Waals surface area contributed by atoms with E-state index >= 15 is 0 Å². The first-order valence-electron chi connectivity index (χ1n) is 5.04. The summed E-state index contributed by atoms with van der Waals surface area (Å²) < 4.78 is 13.0. The van der Waals surface area contributed by atoms with Crippen molar-refractivity contribution in [2.75, 3.05) is 6.54 Å². The zero-order chi connectivity index (χ0) is 12.8. The fourth-order valence-electron chi connectivity index (χ4n) is 1.32. The van der Waals surface area contributed by atoms with Crippen LogP contribution in [0.2, 0.25) is 0 Å². The zero-order valence-electron chi connectivity index (χ0n) is 9.40. The third kappa shape index (κ3) is 4.10. The van der Waals surface area contributed by atoms with Gasteiger partial charge in [0.25, 0.3) is 5.91 Å². The van der Waals surface area contributed by atoms with Crippen LogP contribution in [0.1, 0.15) is 22.3 Å². The van der Waals surface area contributed by atoms with Crippen molar-refractivity contribution in [2.45, 2.75) is 13.3 Å². The van der Waals surface area contributed by atoms with Crippen molar-refractivity contribution >= 4 is 11.7 Å². The Morgan fingerprint density at radius 2 is 2.24 bits per heavy atom. The van der Waals surface area contributed by atoms with E-state index in [0.717, 1.165) is 6.07 Å². The summed E-state index contributed by atoms with van der Waals surface area (Å²) in [6.07, 6.45) is 0.233. The van der Waals surface area contributed by atoms with E-state index in [0.29, 0.717) is 5.56 Å². The average molecular weight is 239 g/mol. The highest BCUT2D eigenvalue weighted by Crippen LogP contribution is 2.08. The van der Waals surface area contributed by atoms with Gasteiger partial charge < -0.3 is 16.3 Å². The van der Waals surface area contributed by atoms with Gasteiger partial charge in [-0.1, -0.05) is 5.16 Å². The van der Waals surface area contributed by atoms with Gasteiger partial charge in [0.2, 0.25) is 0 Å². The largest absolute Gasteiger partial charge is 0.409 e. The van der Waals surface area contributed by atoms with Crippen molar-refractivity contribution < 1.29 is 14.4 Å². The molecule has 5 nitrogen and oxygen atoms in total. The molecule has 17 heavy (non-hydrogen) atoms. The number of rotatable bonds is 4. The average Bonchev–Trinajstić information content (AvgIpc) is 2.27. The summed E-state index contributed by atoms with van der Waals surface area (Å²) in [5.74, 6) is -0.814. The molecule has 4 N–H and O–H groups in total. The van der Waals surface area contributed by atoms with Crippen LogP contribution >= 0.6 is 0 Å². The van der Waals surface area contributed by atoms with Crippen LogP contribution in [0.5, 0.6) is 0 Å². The molecule has 0 aliphatic rings. The first-order valence-corrected chi connectivity index (χ1v) is 5.04. The molecule has 1 aromatic carbocycles. The normalized spacial score (nSPS) is 11.3. The van der Waals surface area contributed by atoms with Gasteiger partial charge in [0.05, 0.1) is 0 Å². The Morgan fingerprint density at radius 3 is 2.82 bits per heavy atom. The predicted molar refractivity (Wildman–Crippen MR) is 61.5 cm³/mol. The fourth-order valence-corrected chi connectivity index (χ4v) is 1.32. The Bertz CT molecular complexity index is 426. The molecule has 0 aliphatic heterocycles. The third-order valence-electron chi connectivity index (χ3n) is 2.10.